The second-order valence-electron chi connectivity index (χ2n) is 26.4. The highest BCUT2D eigenvalue weighted by molar-refractivity contribution is 7.11. The van der Waals surface area contributed by atoms with Crippen molar-refractivity contribution in [1.29, 1.82) is 0 Å². The van der Waals surface area contributed by atoms with Crippen LogP contribution in [0.1, 0.15) is 85.5 Å². The average molecular weight is 1610 g/mol. The molecule has 14 heterocycles. The number of nitrogens with zero attached hydrogens (tertiary/aromatic N) is 19. The molecule has 39 nitrogen and oxygen atoms in total. The summed E-state index contributed by atoms with van der Waals surface area (Å²) in [5.74, 6) is 9.56. The minimum absolute atomic E-state index is 0.0601. The van der Waals surface area contributed by atoms with Gasteiger partial charge in [0.15, 0.2) is 23.8 Å². The van der Waals surface area contributed by atoms with Crippen LogP contribution in [0.3, 0.4) is 0 Å². The number of hydrogen-bond donors (Lipinski definition) is 16. The maximum atomic E-state index is 5.68. The number of nitrogens with one attached hydrogen (secondary N) is 12. The van der Waals surface area contributed by atoms with Crippen molar-refractivity contribution in [2.45, 2.75) is 140 Å². The number of rotatable bonds is 7. The Kier molecular flexibility index (Phi) is 30.7. The molecule has 0 fully saturated rings. The number of guanidine groups is 14. The lowest BCUT2D eigenvalue weighted by molar-refractivity contribution is 0.535. The van der Waals surface area contributed by atoms with Crippen molar-refractivity contribution in [2.24, 2.45) is 92.8 Å². The molecule has 42 heteroatoms. The van der Waals surface area contributed by atoms with E-state index in [0.29, 0.717) is 53.6 Å². The molecule has 0 radical (unpaired) electrons. The summed E-state index contributed by atoms with van der Waals surface area (Å²) in [6.45, 7) is 27.4. The Bertz CT molecular complexity index is 4520. The highest BCUT2D eigenvalue weighted by Gasteiger charge is 2.23. The maximum absolute atomic E-state index is 5.68. The first-order chi connectivity index (χ1) is 53.6. The molecule has 0 aromatic carbocycles. The van der Waals surface area contributed by atoms with Crippen LogP contribution >= 0.6 is 34.0 Å². The molecule has 20 N–H and O–H groups in total. The smallest absolute Gasteiger partial charge is 0.207 e. The Hall–Kier alpha value is -12.6. The van der Waals surface area contributed by atoms with Crippen LogP contribution in [0.2, 0.25) is 0 Å². The molecule has 0 saturated heterocycles. The quantitative estimate of drug-likeness (QED) is 0.0730. The van der Waals surface area contributed by atoms with Crippen molar-refractivity contribution in [3.05, 3.63) is 121 Å². The third kappa shape index (κ3) is 26.6. The van der Waals surface area contributed by atoms with Crippen LogP contribution in [-0.2, 0) is 0 Å². The zero-order valence-corrected chi connectivity index (χ0v) is 70.2. The van der Waals surface area contributed by atoms with Crippen LogP contribution in [0.25, 0.3) is 0 Å². The monoisotopic (exact) mass is 1610 g/mol. The van der Waals surface area contributed by atoms with E-state index in [1.807, 2.05) is 175 Å². The molecule has 7 unspecified atom stereocenters. The van der Waals surface area contributed by atoms with Gasteiger partial charge < -0.3 is 91.7 Å². The van der Waals surface area contributed by atoms with E-state index in [0.717, 1.165) is 92.1 Å². The second kappa shape index (κ2) is 40.4. The lowest BCUT2D eigenvalue weighted by atomic mass is 10.3. The normalized spacial score (nSPS) is 19.6. The third-order valence-electron chi connectivity index (χ3n) is 15.8. The topological polar surface area (TPSA) is 490 Å². The first kappa shape index (κ1) is 86.0. The molecular formula is C71H107N35O4S3. The standard InChI is InChI=1S/2C11H17N5O.C11H17N5S.C10H15N5O.C10H15N5S.C9H13N5O.C9H13N5S/c1-7-5-17-6-9(7)14-10-12-8(2)13-11(15-10)16(3)4;1-7-5-9(6-17-7)14-10-12-8(2)13-11(15-10)16(3)4;1-7-9(5-6-17-7)14-10-12-8(2)13-11(15-10)16(3)4;1-6-4-16-5-8(6)15(3)10-13-7(2)12-9(11)14-10;1-6-8(4-5-16-6)15(3)10-13-7(2)12-9(11)14-10;1-5-3-15-4-7(5)13-9-12-6(2)11-8(10)14-9;1-5-7(3-4-15-5)13-9-12-6(2)11-8(10)14-9/h3*5-6,8H,1-4H3,(H2,12,13,14,15);2*4-5,7H,1-3H3,(H3,11,12,13,14);2*3-4,6H,1-2H3,(H4,10,11,12,13,14). The van der Waals surface area contributed by atoms with Crippen LogP contribution in [-0.4, -0.2) is 198 Å². The van der Waals surface area contributed by atoms with E-state index in [-0.39, 0.29) is 43.2 Å². The van der Waals surface area contributed by atoms with Crippen LogP contribution in [0, 0.1) is 48.5 Å². The summed E-state index contributed by atoms with van der Waals surface area (Å²) in [6, 6.07) is 8.04. The van der Waals surface area contributed by atoms with Crippen molar-refractivity contribution in [3.8, 4) is 0 Å². The molecule has 0 bridgehead atoms. The Labute approximate surface area is 670 Å². The van der Waals surface area contributed by atoms with Gasteiger partial charge in [0, 0.05) is 93.8 Å². The van der Waals surface area contributed by atoms with Gasteiger partial charge in [-0.15, -0.1) is 34.0 Å². The Morgan fingerprint density at radius 2 is 0.646 bits per heavy atom. The Morgan fingerprint density at radius 3 is 0.956 bits per heavy atom. The van der Waals surface area contributed by atoms with Crippen molar-refractivity contribution < 1.29 is 17.7 Å². The highest BCUT2D eigenvalue weighted by Crippen LogP contribution is 2.27. The van der Waals surface area contributed by atoms with Gasteiger partial charge in [0.25, 0.3) is 0 Å². The Morgan fingerprint density at radius 1 is 0.327 bits per heavy atom. The van der Waals surface area contributed by atoms with Gasteiger partial charge in [-0.3, -0.25) is 37.2 Å². The van der Waals surface area contributed by atoms with E-state index in [9.17, 15) is 0 Å². The summed E-state index contributed by atoms with van der Waals surface area (Å²) in [7, 11) is 15.5. The molecule has 7 aromatic heterocycles. The summed E-state index contributed by atoms with van der Waals surface area (Å²) in [5.41, 5.74) is 32.5. The van der Waals surface area contributed by atoms with Crippen molar-refractivity contribution in [3.63, 3.8) is 0 Å². The van der Waals surface area contributed by atoms with E-state index in [1.165, 1.54) is 14.6 Å². The minimum atomic E-state index is -0.166. The number of thiophene rings is 3. The van der Waals surface area contributed by atoms with Crippen LogP contribution in [0.4, 0.5) is 39.8 Å². The lowest BCUT2D eigenvalue weighted by Crippen LogP contribution is -2.48. The molecule has 0 saturated carbocycles. The maximum Gasteiger partial charge on any atom is 0.207 e. The third-order valence-corrected chi connectivity index (χ3v) is 18.3. The van der Waals surface area contributed by atoms with Crippen LogP contribution in [0.5, 0.6) is 0 Å². The van der Waals surface area contributed by atoms with Crippen molar-refractivity contribution in [2.75, 3.05) is 92.8 Å². The van der Waals surface area contributed by atoms with E-state index in [1.54, 1.807) is 77.9 Å². The van der Waals surface area contributed by atoms with Gasteiger partial charge in [0.2, 0.25) is 59.6 Å². The van der Waals surface area contributed by atoms with Gasteiger partial charge in [-0.25, -0.2) is 69.9 Å². The fraction of sp³-hybridized carbons (Fsp3) is 0.408. The van der Waals surface area contributed by atoms with Crippen molar-refractivity contribution in [1.82, 2.24) is 51.9 Å². The van der Waals surface area contributed by atoms with Crippen molar-refractivity contribution >= 4 is 157 Å². The molecule has 7 aliphatic heterocycles. The van der Waals surface area contributed by atoms with E-state index >= 15 is 0 Å². The second-order valence-corrected chi connectivity index (χ2v) is 29.8. The molecule has 113 heavy (non-hydrogen) atoms. The number of aliphatic imine (C=N–C) groups is 14. The van der Waals surface area contributed by atoms with Crippen LogP contribution in [0.15, 0.2) is 172 Å². The van der Waals surface area contributed by atoms with Crippen LogP contribution < -0.4 is 96.5 Å². The highest BCUT2D eigenvalue weighted by atomic mass is 32.1. The van der Waals surface area contributed by atoms with Gasteiger partial charge in [-0.1, -0.05) is 0 Å². The molecular weight excluding hydrogens is 1500 g/mol. The molecule has 0 spiro atoms. The lowest BCUT2D eigenvalue weighted by Gasteiger charge is -2.25. The summed E-state index contributed by atoms with van der Waals surface area (Å²) >= 11 is 5.12. The molecule has 7 atom stereocenters. The number of furan rings is 4. The first-order valence-electron chi connectivity index (χ1n) is 35.7. The molecule has 7 aliphatic rings. The summed E-state index contributed by atoms with van der Waals surface area (Å²) in [6.07, 6.45) is 10.8. The Balaban J connectivity index is 0.000000165. The first-order valence-corrected chi connectivity index (χ1v) is 38.4. The summed E-state index contributed by atoms with van der Waals surface area (Å²) in [4.78, 5) is 73.1. The fourth-order valence-corrected chi connectivity index (χ4v) is 12.3. The fourth-order valence-electron chi connectivity index (χ4n) is 10.2. The summed E-state index contributed by atoms with van der Waals surface area (Å²) in [5, 5.41) is 43.0. The van der Waals surface area contributed by atoms with Gasteiger partial charge in [-0.2, -0.15) is 0 Å². The molecule has 14 rings (SSSR count). The van der Waals surface area contributed by atoms with Gasteiger partial charge in [0.1, 0.15) is 74.0 Å². The molecule has 7 aromatic rings. The zero-order valence-electron chi connectivity index (χ0n) is 67.8. The predicted molar refractivity (Wildman–Crippen MR) is 466 cm³/mol. The predicted octanol–water partition coefficient (Wildman–Crippen LogP) is 7.60. The number of hydrogen-bond acceptors (Lipinski definition) is 42. The summed E-state index contributed by atoms with van der Waals surface area (Å²) < 4.78 is 20.5. The van der Waals surface area contributed by atoms with Gasteiger partial charge in [-0.05, 0) is 131 Å². The molecule has 608 valence electrons. The van der Waals surface area contributed by atoms with E-state index in [2.05, 4.69) is 177 Å². The zero-order chi connectivity index (χ0) is 82.3. The molecule has 0 aliphatic carbocycles. The van der Waals surface area contributed by atoms with Gasteiger partial charge in [0.05, 0.1) is 58.6 Å². The SMILES string of the molecule is Cc1cc(NC2=NC(C)N=C(N(C)C)N2)co1.Cc1cocc1N(C)C1=NC(C)N=C(N)N1.Cc1cocc1NC1=NC(C)N=C(N(C)C)N1.Cc1cocc1NC1=NC(C)N=C(N)N1.Cc1sccc1N(C)C1=NC(C)N=C(N)N1.Cc1sccc1NC1=NC(C)N=C(N(C)C)N1.Cc1sccc1NC1=NC(C)N=C(N)N1. The number of aryl methyl sites for hydroxylation is 7. The van der Waals surface area contributed by atoms with E-state index < -0.39 is 0 Å². The minimum Gasteiger partial charge on any atom is -0.470 e. The largest absolute Gasteiger partial charge is 0.470 e. The van der Waals surface area contributed by atoms with E-state index in [4.69, 9.17) is 40.6 Å². The average Bonchev–Trinajstić information content (AvgIpc) is 1.81. The molecule has 0 amide bonds. The number of anilines is 7. The van der Waals surface area contributed by atoms with Gasteiger partial charge >= 0.3 is 0 Å². The number of nitrogens with two attached hydrogens (primary N) is 4.